The molecular weight excluding hydrogens is 205 g/mol. The maximum absolute atomic E-state index is 12.1. The van der Waals surface area contributed by atoms with E-state index in [1.54, 1.807) is 0 Å². The highest BCUT2D eigenvalue weighted by Crippen LogP contribution is 2.24. The van der Waals surface area contributed by atoms with Crippen molar-refractivity contribution in [2.75, 3.05) is 13.1 Å². The summed E-state index contributed by atoms with van der Waals surface area (Å²) in [6.07, 6.45) is 2.70. The second-order valence-electron chi connectivity index (χ2n) is 3.09. The molecule has 0 rings (SSSR count). The van der Waals surface area contributed by atoms with Crippen LogP contribution in [0.3, 0.4) is 0 Å². The summed E-state index contributed by atoms with van der Waals surface area (Å²) in [5.41, 5.74) is 0. The standard InChI is InChI=1S/C10H13F3N2/c1-2-3-4-5-6-15-8-9(7-14)10(11,12)13/h1,9,15H,3-6,8H2. The zero-order chi connectivity index (χ0) is 11.7. The predicted molar refractivity (Wildman–Crippen MR) is 50.7 cm³/mol. The largest absolute Gasteiger partial charge is 0.405 e. The first-order valence-electron chi connectivity index (χ1n) is 4.63. The molecule has 0 aromatic rings. The Balaban J connectivity index is 3.59. The number of nitriles is 1. The minimum atomic E-state index is -4.44. The van der Waals surface area contributed by atoms with Gasteiger partial charge in [0, 0.05) is 13.0 Å². The molecule has 15 heavy (non-hydrogen) atoms. The summed E-state index contributed by atoms with van der Waals surface area (Å²) in [6.45, 7) is 0.103. The van der Waals surface area contributed by atoms with Gasteiger partial charge >= 0.3 is 6.18 Å². The number of nitrogens with one attached hydrogen (secondary N) is 1. The summed E-state index contributed by atoms with van der Waals surface area (Å²) in [5.74, 6) is 0.517. The average Bonchev–Trinajstić information content (AvgIpc) is 2.15. The molecule has 1 atom stereocenters. The summed E-state index contributed by atoms with van der Waals surface area (Å²) in [6, 6.07) is 1.22. The van der Waals surface area contributed by atoms with Gasteiger partial charge in [0.2, 0.25) is 0 Å². The van der Waals surface area contributed by atoms with E-state index in [1.807, 2.05) is 0 Å². The molecule has 0 aliphatic carbocycles. The smallest absolute Gasteiger partial charge is 0.315 e. The maximum Gasteiger partial charge on any atom is 0.405 e. The number of hydrogen-bond donors (Lipinski definition) is 1. The third-order valence-electron chi connectivity index (χ3n) is 1.82. The molecule has 0 aromatic carbocycles. The molecule has 0 aliphatic heterocycles. The van der Waals surface area contributed by atoms with Crippen LogP contribution >= 0.6 is 0 Å². The Kier molecular flexibility index (Phi) is 6.57. The first kappa shape index (κ1) is 13.8. The molecule has 0 heterocycles. The van der Waals surface area contributed by atoms with Crippen LogP contribution in [0.25, 0.3) is 0 Å². The van der Waals surface area contributed by atoms with Crippen molar-refractivity contribution in [3.63, 3.8) is 0 Å². The number of hydrogen-bond acceptors (Lipinski definition) is 2. The van der Waals surface area contributed by atoms with Crippen molar-refractivity contribution in [1.29, 1.82) is 5.26 Å². The molecule has 0 saturated heterocycles. The average molecular weight is 218 g/mol. The minimum Gasteiger partial charge on any atom is -0.315 e. The van der Waals surface area contributed by atoms with Crippen LogP contribution in [0.15, 0.2) is 0 Å². The van der Waals surface area contributed by atoms with Gasteiger partial charge in [-0.05, 0) is 19.4 Å². The summed E-state index contributed by atoms with van der Waals surface area (Å²) < 4.78 is 36.2. The molecule has 1 unspecified atom stereocenters. The Morgan fingerprint density at radius 2 is 2.00 bits per heavy atom. The normalized spacial score (nSPS) is 12.9. The van der Waals surface area contributed by atoms with Gasteiger partial charge in [0.1, 0.15) is 0 Å². The summed E-state index contributed by atoms with van der Waals surface area (Å²) in [7, 11) is 0. The highest BCUT2D eigenvalue weighted by Gasteiger charge is 2.39. The van der Waals surface area contributed by atoms with E-state index in [-0.39, 0.29) is 6.54 Å². The topological polar surface area (TPSA) is 35.8 Å². The lowest BCUT2D eigenvalue weighted by Gasteiger charge is -2.13. The molecule has 0 amide bonds. The van der Waals surface area contributed by atoms with Crippen LogP contribution in [0.4, 0.5) is 13.2 Å². The molecule has 0 bridgehead atoms. The number of alkyl halides is 3. The lowest BCUT2D eigenvalue weighted by Crippen LogP contribution is -2.32. The van der Waals surface area contributed by atoms with Gasteiger partial charge in [-0.2, -0.15) is 18.4 Å². The fourth-order valence-electron chi connectivity index (χ4n) is 0.958. The van der Waals surface area contributed by atoms with Gasteiger partial charge in [0.05, 0.1) is 6.07 Å². The van der Waals surface area contributed by atoms with Gasteiger partial charge in [-0.1, -0.05) is 0 Å². The van der Waals surface area contributed by atoms with Gasteiger partial charge in [0.15, 0.2) is 5.92 Å². The zero-order valence-corrected chi connectivity index (χ0v) is 8.27. The highest BCUT2D eigenvalue weighted by atomic mass is 19.4. The van der Waals surface area contributed by atoms with Crippen molar-refractivity contribution in [2.24, 2.45) is 5.92 Å². The predicted octanol–water partition coefficient (Wildman–Crippen LogP) is 2.08. The fraction of sp³-hybridized carbons (Fsp3) is 0.700. The first-order valence-corrected chi connectivity index (χ1v) is 4.63. The number of unbranched alkanes of at least 4 members (excludes halogenated alkanes) is 2. The van der Waals surface area contributed by atoms with Crippen LogP contribution in [0.2, 0.25) is 0 Å². The van der Waals surface area contributed by atoms with Gasteiger partial charge < -0.3 is 5.32 Å². The van der Waals surface area contributed by atoms with Crippen molar-refractivity contribution in [3.05, 3.63) is 0 Å². The molecular formula is C10H13F3N2. The van der Waals surface area contributed by atoms with E-state index in [2.05, 4.69) is 11.2 Å². The van der Waals surface area contributed by atoms with Crippen molar-refractivity contribution in [3.8, 4) is 18.4 Å². The Hall–Kier alpha value is -1.20. The van der Waals surface area contributed by atoms with E-state index in [9.17, 15) is 13.2 Å². The van der Waals surface area contributed by atoms with Crippen LogP contribution in [0.1, 0.15) is 19.3 Å². The zero-order valence-electron chi connectivity index (χ0n) is 8.27. The second kappa shape index (κ2) is 7.14. The van der Waals surface area contributed by atoms with Crippen LogP contribution in [0, 0.1) is 29.6 Å². The van der Waals surface area contributed by atoms with E-state index >= 15 is 0 Å². The molecule has 84 valence electrons. The van der Waals surface area contributed by atoms with E-state index in [4.69, 9.17) is 11.7 Å². The minimum absolute atomic E-state index is 0.351. The molecule has 0 saturated carbocycles. The molecule has 0 radical (unpaired) electrons. The SMILES string of the molecule is C#CCCCCNCC(C#N)C(F)(F)F. The third kappa shape index (κ3) is 6.82. The van der Waals surface area contributed by atoms with Crippen LogP contribution < -0.4 is 5.32 Å². The van der Waals surface area contributed by atoms with Gasteiger partial charge in [-0.25, -0.2) is 0 Å². The van der Waals surface area contributed by atoms with E-state index < -0.39 is 12.1 Å². The Labute approximate surface area is 87.5 Å². The lowest BCUT2D eigenvalue weighted by molar-refractivity contribution is -0.157. The third-order valence-corrected chi connectivity index (χ3v) is 1.82. The van der Waals surface area contributed by atoms with Crippen molar-refractivity contribution >= 4 is 0 Å². The quantitative estimate of drug-likeness (QED) is 0.547. The Bertz CT molecular complexity index is 247. The summed E-state index contributed by atoms with van der Waals surface area (Å²) in [4.78, 5) is 0. The van der Waals surface area contributed by atoms with E-state index in [0.717, 1.165) is 12.8 Å². The van der Waals surface area contributed by atoms with Crippen molar-refractivity contribution in [2.45, 2.75) is 25.4 Å². The molecule has 0 aliphatic rings. The monoisotopic (exact) mass is 218 g/mol. The molecule has 0 aromatic heterocycles. The highest BCUT2D eigenvalue weighted by molar-refractivity contribution is 4.89. The second-order valence-corrected chi connectivity index (χ2v) is 3.09. The number of nitrogens with zero attached hydrogens (tertiary/aromatic N) is 1. The van der Waals surface area contributed by atoms with E-state index in [1.165, 1.54) is 6.07 Å². The maximum atomic E-state index is 12.1. The van der Waals surface area contributed by atoms with Crippen molar-refractivity contribution in [1.82, 2.24) is 5.32 Å². The number of halogens is 3. The van der Waals surface area contributed by atoms with Gasteiger partial charge in [-0.15, -0.1) is 12.3 Å². The van der Waals surface area contributed by atoms with Crippen LogP contribution in [-0.4, -0.2) is 19.3 Å². The lowest BCUT2D eigenvalue weighted by atomic mass is 10.1. The van der Waals surface area contributed by atoms with Gasteiger partial charge in [-0.3, -0.25) is 0 Å². The summed E-state index contributed by atoms with van der Waals surface area (Å²) in [5, 5.41) is 10.9. The van der Waals surface area contributed by atoms with Crippen molar-refractivity contribution < 1.29 is 13.2 Å². The first-order chi connectivity index (χ1) is 7.02. The number of rotatable bonds is 6. The van der Waals surface area contributed by atoms with Gasteiger partial charge in [0.25, 0.3) is 0 Å². The van der Waals surface area contributed by atoms with E-state index in [0.29, 0.717) is 13.0 Å². The van der Waals surface area contributed by atoms with Crippen LogP contribution in [0.5, 0.6) is 0 Å². The molecule has 2 nitrogen and oxygen atoms in total. The van der Waals surface area contributed by atoms with Crippen LogP contribution in [-0.2, 0) is 0 Å². The fourth-order valence-corrected chi connectivity index (χ4v) is 0.958. The Morgan fingerprint density at radius 1 is 1.33 bits per heavy atom. The molecule has 0 fully saturated rings. The summed E-state index contributed by atoms with van der Waals surface area (Å²) >= 11 is 0. The number of terminal acetylenes is 1. The molecule has 1 N–H and O–H groups in total. The molecule has 0 spiro atoms. The Morgan fingerprint density at radius 3 is 2.47 bits per heavy atom. The molecule has 5 heteroatoms.